The maximum absolute atomic E-state index is 6.38. The van der Waals surface area contributed by atoms with Crippen LogP contribution in [-0.2, 0) is 8.23 Å². The lowest BCUT2D eigenvalue weighted by Gasteiger charge is -2.44. The van der Waals surface area contributed by atoms with E-state index in [2.05, 4.69) is 27.7 Å². The van der Waals surface area contributed by atoms with Crippen molar-refractivity contribution in [2.24, 2.45) is 0 Å². The summed E-state index contributed by atoms with van der Waals surface area (Å²) in [5.74, 6) is 0. The van der Waals surface area contributed by atoms with Crippen LogP contribution in [0.3, 0.4) is 0 Å². The molecule has 0 aliphatic rings. The Morgan fingerprint density at radius 1 is 0.706 bits per heavy atom. The van der Waals surface area contributed by atoms with Crippen molar-refractivity contribution in [3.63, 3.8) is 0 Å². The van der Waals surface area contributed by atoms with Crippen LogP contribution in [0.1, 0.15) is 27.7 Å². The highest BCUT2D eigenvalue weighted by Gasteiger charge is 2.51. The molecule has 0 fully saturated rings. The topological polar surface area (TPSA) is 18.5 Å². The first kappa shape index (κ1) is 18.2. The van der Waals surface area contributed by atoms with Gasteiger partial charge in [-0.05, 0) is 37.3 Å². The molecule has 2 nitrogen and oxygen atoms in total. The van der Waals surface area contributed by atoms with Crippen LogP contribution >= 0.6 is 22.2 Å². The van der Waals surface area contributed by atoms with Gasteiger partial charge in [-0.3, -0.25) is 0 Å². The largest absolute Gasteiger partial charge is 0.424 e. The minimum Gasteiger partial charge on any atom is -0.424 e. The number of rotatable bonds is 6. The van der Waals surface area contributed by atoms with Crippen molar-refractivity contribution >= 4 is 46.0 Å². The summed E-state index contributed by atoms with van der Waals surface area (Å²) in [5, 5.41) is 0. The zero-order valence-corrected chi connectivity index (χ0v) is 16.7. The lowest BCUT2D eigenvalue weighted by Crippen LogP contribution is -2.57. The first-order valence-corrected chi connectivity index (χ1v) is 15.9. The van der Waals surface area contributed by atoms with Crippen LogP contribution in [-0.4, -0.2) is 23.8 Å². The van der Waals surface area contributed by atoms with E-state index in [9.17, 15) is 0 Å². The Morgan fingerprint density at radius 2 is 0.941 bits per heavy atom. The predicted octanol–water partition coefficient (Wildman–Crippen LogP) is 5.16. The smallest absolute Gasteiger partial charge is 0.324 e. The van der Waals surface area contributed by atoms with E-state index in [-0.39, 0.29) is 0 Å². The molecule has 0 saturated carbocycles. The monoisotopic (exact) mass is 332 g/mol. The molecule has 0 rings (SSSR count). The Balaban J connectivity index is 5.30. The fraction of sp³-hybridized carbons (Fsp3) is 1.00. The molecule has 0 atom stereocenters. The summed E-state index contributed by atoms with van der Waals surface area (Å²) < 4.78 is 12.6. The molecule has 17 heavy (non-hydrogen) atoms. The molecular formula is C10H26Cl2O2Si3. The van der Waals surface area contributed by atoms with Crippen molar-refractivity contribution in [3.05, 3.63) is 0 Å². The molecule has 0 aromatic heterocycles. The van der Waals surface area contributed by atoms with Crippen molar-refractivity contribution in [3.8, 4) is 0 Å². The molecule has 0 bridgehead atoms. The highest BCUT2D eigenvalue weighted by molar-refractivity contribution is 7.20. The fourth-order valence-corrected chi connectivity index (χ4v) is 15.8. The van der Waals surface area contributed by atoms with Crippen LogP contribution in [0.5, 0.6) is 0 Å². The van der Waals surface area contributed by atoms with Gasteiger partial charge in [0.05, 0.1) is 0 Å². The highest BCUT2D eigenvalue weighted by atomic mass is 35.6. The van der Waals surface area contributed by atoms with Gasteiger partial charge in [0.25, 0.3) is 15.3 Å². The van der Waals surface area contributed by atoms with Crippen LogP contribution in [0.25, 0.3) is 0 Å². The molecule has 0 radical (unpaired) electrons. The summed E-state index contributed by atoms with van der Waals surface area (Å²) in [7, 11) is -6.65. The van der Waals surface area contributed by atoms with Crippen LogP contribution in [0.4, 0.5) is 0 Å². The van der Waals surface area contributed by atoms with E-state index < -0.39 is 23.8 Å². The second kappa shape index (κ2) is 6.07. The van der Waals surface area contributed by atoms with Gasteiger partial charge >= 0.3 is 8.56 Å². The Bertz CT molecular complexity index is 221. The summed E-state index contributed by atoms with van der Waals surface area (Å²) in [5.41, 5.74) is 0.692. The Hall–Kier alpha value is 1.15. The van der Waals surface area contributed by atoms with E-state index in [1.165, 1.54) is 0 Å². The van der Waals surface area contributed by atoms with E-state index in [1.54, 1.807) is 0 Å². The van der Waals surface area contributed by atoms with E-state index in [1.807, 2.05) is 26.2 Å². The van der Waals surface area contributed by atoms with Crippen LogP contribution in [0.15, 0.2) is 0 Å². The summed E-state index contributed by atoms with van der Waals surface area (Å²) >= 11 is 12.8. The molecule has 104 valence electrons. The zero-order valence-electron chi connectivity index (χ0n) is 12.2. The normalized spacial score (nSPS) is 14.8. The van der Waals surface area contributed by atoms with E-state index >= 15 is 0 Å². The molecule has 0 heterocycles. The maximum atomic E-state index is 6.38. The van der Waals surface area contributed by atoms with Gasteiger partial charge in [-0.2, -0.15) is 0 Å². The van der Waals surface area contributed by atoms with Gasteiger partial charge in [-0.1, -0.05) is 27.7 Å². The Morgan fingerprint density at radius 3 is 1.06 bits per heavy atom. The molecule has 0 spiro atoms. The molecule has 0 N–H and O–H groups in total. The van der Waals surface area contributed by atoms with Crippen LogP contribution in [0.2, 0.25) is 37.3 Å². The van der Waals surface area contributed by atoms with Gasteiger partial charge in [0.2, 0.25) is 0 Å². The summed E-state index contributed by atoms with van der Waals surface area (Å²) in [6.07, 6.45) is 0. The first-order chi connectivity index (χ1) is 7.30. The van der Waals surface area contributed by atoms with Crippen LogP contribution < -0.4 is 0 Å². The molecule has 0 unspecified atom stereocenters. The highest BCUT2D eigenvalue weighted by Crippen LogP contribution is 2.40. The van der Waals surface area contributed by atoms with Gasteiger partial charge in [-0.15, -0.1) is 22.2 Å². The second-order valence-corrected chi connectivity index (χ2v) is 22.3. The quantitative estimate of drug-likeness (QED) is 0.493. The molecule has 0 amide bonds. The number of hydrogen-bond acceptors (Lipinski definition) is 2. The van der Waals surface area contributed by atoms with Gasteiger partial charge in [0.1, 0.15) is 0 Å². The summed E-state index contributed by atoms with van der Waals surface area (Å²) in [6.45, 7) is 16.6. The zero-order chi connectivity index (χ0) is 14.1. The van der Waals surface area contributed by atoms with Gasteiger partial charge in [0, 0.05) is 0 Å². The number of halogens is 2. The molecule has 0 aromatic carbocycles. The third-order valence-corrected chi connectivity index (χ3v) is 13.5. The third kappa shape index (κ3) is 6.22. The van der Waals surface area contributed by atoms with Crippen molar-refractivity contribution in [1.82, 2.24) is 0 Å². The molecule has 0 saturated heterocycles. The second-order valence-electron chi connectivity index (χ2n) is 5.96. The third-order valence-electron chi connectivity index (χ3n) is 2.41. The maximum Gasteiger partial charge on any atom is 0.324 e. The lowest BCUT2D eigenvalue weighted by atomic mass is 10.5. The van der Waals surface area contributed by atoms with E-state index in [4.69, 9.17) is 30.4 Å². The number of hydrogen-bond donors (Lipinski definition) is 0. The Kier molecular flexibility index (Phi) is 6.48. The predicted molar refractivity (Wildman–Crippen MR) is 84.8 cm³/mol. The summed E-state index contributed by atoms with van der Waals surface area (Å²) in [4.78, 5) is 0. The molecular weight excluding hydrogens is 307 g/mol. The van der Waals surface area contributed by atoms with Gasteiger partial charge in [0.15, 0.2) is 0 Å². The molecule has 7 heteroatoms. The minimum absolute atomic E-state index is 0.346. The van der Waals surface area contributed by atoms with Crippen molar-refractivity contribution in [2.45, 2.75) is 65.0 Å². The van der Waals surface area contributed by atoms with Crippen molar-refractivity contribution in [1.29, 1.82) is 0 Å². The lowest BCUT2D eigenvalue weighted by molar-refractivity contribution is 0.355. The Labute approximate surface area is 119 Å². The SMILES string of the molecule is CC(C)[Si](O[Si](C)(C)Cl)(O[Si](C)(C)Cl)C(C)C. The molecule has 0 aromatic rings. The summed E-state index contributed by atoms with van der Waals surface area (Å²) in [6, 6.07) is 0. The van der Waals surface area contributed by atoms with Gasteiger partial charge < -0.3 is 8.23 Å². The standard InChI is InChI=1S/C10H26Cl2O2Si3/c1-9(2)17(10(3)4,13-15(5,6)11)14-16(7,8)12/h9-10H,1-8H3. The van der Waals surface area contributed by atoms with Crippen molar-refractivity contribution < 1.29 is 8.23 Å². The van der Waals surface area contributed by atoms with Gasteiger partial charge in [-0.25, -0.2) is 0 Å². The molecule has 0 aliphatic carbocycles. The average molecular weight is 333 g/mol. The van der Waals surface area contributed by atoms with E-state index in [0.717, 1.165) is 0 Å². The average Bonchev–Trinajstić information content (AvgIpc) is 1.96. The minimum atomic E-state index is -2.36. The van der Waals surface area contributed by atoms with E-state index in [0.29, 0.717) is 11.1 Å². The first-order valence-electron chi connectivity index (χ1n) is 6.08. The fourth-order valence-electron chi connectivity index (χ4n) is 1.92. The molecule has 0 aliphatic heterocycles. The van der Waals surface area contributed by atoms with Crippen LogP contribution in [0, 0.1) is 0 Å². The van der Waals surface area contributed by atoms with Crippen molar-refractivity contribution in [2.75, 3.05) is 0 Å².